The van der Waals surface area contributed by atoms with Crippen LogP contribution in [0, 0.1) is 5.82 Å². The molecule has 0 unspecified atom stereocenters. The quantitative estimate of drug-likeness (QED) is 0.0999. The lowest BCUT2D eigenvalue weighted by molar-refractivity contribution is -0.130. The van der Waals surface area contributed by atoms with E-state index in [1.165, 1.54) is 18.6 Å². The molecule has 0 aromatic heterocycles. The number of amides is 5. The van der Waals surface area contributed by atoms with Gasteiger partial charge in [-0.3, -0.25) is 28.9 Å². The molecule has 4 atom stereocenters. The minimum Gasteiger partial charge on any atom is -0.368 e. The average molecular weight is 680 g/mol. The Morgan fingerprint density at radius 3 is 2.23 bits per heavy atom. The van der Waals surface area contributed by atoms with Crippen LogP contribution < -0.4 is 32.7 Å². The van der Waals surface area contributed by atoms with E-state index < -0.39 is 29.8 Å². The molecule has 264 valence electrons. The summed E-state index contributed by atoms with van der Waals surface area (Å²) in [4.78, 5) is 65.0. The summed E-state index contributed by atoms with van der Waals surface area (Å²) in [7, 11) is 0. The molecule has 1 aliphatic heterocycles. The van der Waals surface area contributed by atoms with Gasteiger partial charge in [0.15, 0.2) is 0 Å². The zero-order valence-corrected chi connectivity index (χ0v) is 28.7. The normalized spacial score (nSPS) is 17.7. The number of rotatable bonds is 22. The molecule has 1 heterocycles. The number of hydrogen-bond donors (Lipinski definition) is 6. The maximum absolute atomic E-state index is 13.1. The Kier molecular flexibility index (Phi) is 19.0. The van der Waals surface area contributed by atoms with E-state index in [1.54, 1.807) is 23.9 Å². The molecule has 14 heteroatoms. The number of carbonyl (C=O) groups excluding carboxylic acids is 5. The number of thioether (sulfide) groups is 1. The minimum absolute atomic E-state index is 0.0455. The van der Waals surface area contributed by atoms with Crippen LogP contribution in [0.3, 0.4) is 0 Å². The molecule has 1 aromatic carbocycles. The predicted molar refractivity (Wildman–Crippen MR) is 182 cm³/mol. The second kappa shape index (κ2) is 22.4. The summed E-state index contributed by atoms with van der Waals surface area (Å²) in [6.07, 6.45) is 5.87. The average Bonchev–Trinajstić information content (AvgIpc) is 3.03. The fraction of sp³-hybridized carbons (Fsp3) is 0.667. The molecular weight excluding hydrogens is 625 g/mol. The van der Waals surface area contributed by atoms with Crippen molar-refractivity contribution in [1.29, 1.82) is 0 Å². The first-order valence-electron chi connectivity index (χ1n) is 16.7. The number of hydrogen-bond acceptors (Lipinski definition) is 8. The molecular formula is C33H54FN7O5S. The molecule has 0 spiro atoms. The van der Waals surface area contributed by atoms with Gasteiger partial charge in [0.25, 0.3) is 0 Å². The first-order valence-corrected chi connectivity index (χ1v) is 17.9. The molecule has 0 saturated carbocycles. The third-order valence-corrected chi connectivity index (χ3v) is 9.42. The standard InChI is InChI=1S/C33H54FN7O5S/c1-23-7-5-8-24(2)41(23)19-16-30(43)40-28(33(46)37-18-6-20-47-22-25-10-12-26(34)13-11-25)14-15-29(42)38-21-31(44)39-27(32(36)45)9-3-4-17-35/h10-13,23-24,27-28H,3-9,14-22,35H2,1-2H3,(H2,36,45)(H,37,46)(H,38,42)(H,39,44)(H,40,43)/t23-,24+,27-,28-/m0/s1. The van der Waals surface area contributed by atoms with E-state index in [2.05, 4.69) is 40.0 Å². The Morgan fingerprint density at radius 2 is 1.57 bits per heavy atom. The largest absolute Gasteiger partial charge is 0.368 e. The molecule has 12 nitrogen and oxygen atoms in total. The van der Waals surface area contributed by atoms with Crippen molar-refractivity contribution in [3.05, 3.63) is 35.6 Å². The zero-order chi connectivity index (χ0) is 34.6. The number of benzene rings is 1. The van der Waals surface area contributed by atoms with Gasteiger partial charge in [-0.15, -0.1) is 0 Å². The summed E-state index contributed by atoms with van der Waals surface area (Å²) in [5, 5.41) is 10.7. The van der Waals surface area contributed by atoms with E-state index in [4.69, 9.17) is 11.5 Å². The lowest BCUT2D eigenvalue weighted by Crippen LogP contribution is -2.50. The van der Waals surface area contributed by atoms with Gasteiger partial charge in [-0.05, 0) is 88.8 Å². The number of nitrogens with one attached hydrogen (secondary N) is 4. The Morgan fingerprint density at radius 1 is 0.894 bits per heavy atom. The van der Waals surface area contributed by atoms with Crippen LogP contribution in [0.15, 0.2) is 24.3 Å². The van der Waals surface area contributed by atoms with Crippen LogP contribution in [0.1, 0.15) is 83.6 Å². The summed E-state index contributed by atoms with van der Waals surface area (Å²) in [6.45, 7) is 5.41. The molecule has 1 aromatic rings. The van der Waals surface area contributed by atoms with Crippen molar-refractivity contribution in [2.45, 2.75) is 108 Å². The van der Waals surface area contributed by atoms with Crippen LogP contribution >= 0.6 is 11.8 Å². The van der Waals surface area contributed by atoms with Gasteiger partial charge in [0, 0.05) is 43.8 Å². The van der Waals surface area contributed by atoms with Crippen molar-refractivity contribution in [3.63, 3.8) is 0 Å². The number of piperidine rings is 1. The molecule has 0 aliphatic carbocycles. The van der Waals surface area contributed by atoms with Crippen molar-refractivity contribution < 1.29 is 28.4 Å². The number of unbranched alkanes of at least 4 members (excludes halogenated alkanes) is 1. The molecule has 2 rings (SSSR count). The van der Waals surface area contributed by atoms with Crippen molar-refractivity contribution >= 4 is 41.3 Å². The highest BCUT2D eigenvalue weighted by Gasteiger charge is 2.26. The molecule has 1 saturated heterocycles. The molecule has 8 N–H and O–H groups in total. The Bertz CT molecular complexity index is 1130. The van der Waals surface area contributed by atoms with Gasteiger partial charge < -0.3 is 32.7 Å². The van der Waals surface area contributed by atoms with E-state index >= 15 is 0 Å². The monoisotopic (exact) mass is 679 g/mol. The maximum Gasteiger partial charge on any atom is 0.242 e. The highest BCUT2D eigenvalue weighted by atomic mass is 32.2. The van der Waals surface area contributed by atoms with Crippen LogP contribution in [0.4, 0.5) is 4.39 Å². The van der Waals surface area contributed by atoms with Gasteiger partial charge in [-0.2, -0.15) is 11.8 Å². The van der Waals surface area contributed by atoms with Crippen molar-refractivity contribution in [2.75, 3.05) is 31.9 Å². The first kappa shape index (κ1) is 39.9. The molecule has 0 bridgehead atoms. The van der Waals surface area contributed by atoms with E-state index in [9.17, 15) is 28.4 Å². The number of halogens is 1. The summed E-state index contributed by atoms with van der Waals surface area (Å²) in [5.74, 6) is -1.12. The SMILES string of the molecule is C[C@@H]1CCC[C@H](C)N1CCC(=O)N[C@@H](CCC(=O)NCC(=O)N[C@@H](CCCCN)C(N)=O)C(=O)NCCCSCc1ccc(F)cc1. The third kappa shape index (κ3) is 16.4. The summed E-state index contributed by atoms with van der Waals surface area (Å²) in [5.41, 5.74) is 11.9. The zero-order valence-electron chi connectivity index (χ0n) is 27.9. The molecule has 5 amide bonds. The smallest absolute Gasteiger partial charge is 0.242 e. The van der Waals surface area contributed by atoms with Crippen molar-refractivity contribution in [3.8, 4) is 0 Å². The van der Waals surface area contributed by atoms with E-state index in [0.29, 0.717) is 57.4 Å². The van der Waals surface area contributed by atoms with E-state index in [0.717, 1.165) is 29.9 Å². The lowest BCUT2D eigenvalue weighted by Gasteiger charge is -2.38. The number of primary amides is 1. The second-order valence-corrected chi connectivity index (χ2v) is 13.3. The summed E-state index contributed by atoms with van der Waals surface area (Å²) in [6, 6.07) is 5.34. The van der Waals surface area contributed by atoms with Gasteiger partial charge in [-0.1, -0.05) is 18.6 Å². The van der Waals surface area contributed by atoms with Gasteiger partial charge in [0.2, 0.25) is 29.5 Å². The van der Waals surface area contributed by atoms with E-state index in [1.807, 2.05) is 0 Å². The second-order valence-electron chi connectivity index (χ2n) is 12.2. The molecule has 0 radical (unpaired) electrons. The fourth-order valence-electron chi connectivity index (χ4n) is 5.53. The lowest BCUT2D eigenvalue weighted by atomic mass is 9.97. The topological polar surface area (TPSA) is 189 Å². The highest BCUT2D eigenvalue weighted by molar-refractivity contribution is 7.98. The van der Waals surface area contributed by atoms with Crippen LogP contribution in [-0.4, -0.2) is 90.5 Å². The minimum atomic E-state index is -0.924. The Labute approximate surface area is 282 Å². The third-order valence-electron chi connectivity index (χ3n) is 8.30. The van der Waals surface area contributed by atoms with Gasteiger partial charge in [0.05, 0.1) is 6.54 Å². The van der Waals surface area contributed by atoms with E-state index in [-0.39, 0.29) is 43.4 Å². The maximum atomic E-state index is 13.1. The molecule has 1 aliphatic rings. The predicted octanol–water partition coefficient (Wildman–Crippen LogP) is 1.70. The van der Waals surface area contributed by atoms with Crippen LogP contribution in [0.25, 0.3) is 0 Å². The highest BCUT2D eigenvalue weighted by Crippen LogP contribution is 2.22. The van der Waals surface area contributed by atoms with Crippen LogP contribution in [0.5, 0.6) is 0 Å². The number of nitrogens with two attached hydrogens (primary N) is 2. The first-order chi connectivity index (χ1) is 22.5. The molecule has 47 heavy (non-hydrogen) atoms. The fourth-order valence-corrected chi connectivity index (χ4v) is 6.45. The van der Waals surface area contributed by atoms with Crippen molar-refractivity contribution in [2.24, 2.45) is 11.5 Å². The Balaban J connectivity index is 1.85. The summed E-state index contributed by atoms with van der Waals surface area (Å²) < 4.78 is 13.1. The van der Waals surface area contributed by atoms with Gasteiger partial charge in [-0.25, -0.2) is 4.39 Å². The van der Waals surface area contributed by atoms with Crippen LogP contribution in [-0.2, 0) is 29.7 Å². The van der Waals surface area contributed by atoms with Gasteiger partial charge >= 0.3 is 0 Å². The number of likely N-dealkylation sites (tertiary alicyclic amines) is 1. The Hall–Kier alpha value is -3.23. The number of nitrogens with zero attached hydrogens (tertiary/aromatic N) is 1. The number of carbonyl (C=O) groups is 5. The summed E-state index contributed by atoms with van der Waals surface area (Å²) >= 11 is 1.67. The van der Waals surface area contributed by atoms with Crippen LogP contribution in [0.2, 0.25) is 0 Å². The van der Waals surface area contributed by atoms with Gasteiger partial charge in [0.1, 0.15) is 17.9 Å². The van der Waals surface area contributed by atoms with Crippen molar-refractivity contribution in [1.82, 2.24) is 26.2 Å². The molecule has 1 fully saturated rings.